The predicted molar refractivity (Wildman–Crippen MR) is 150 cm³/mol. The highest BCUT2D eigenvalue weighted by atomic mass is 35.5. The molecule has 1 aromatic carbocycles. The number of benzene rings is 1. The zero-order valence-corrected chi connectivity index (χ0v) is 23.3. The summed E-state index contributed by atoms with van der Waals surface area (Å²) < 4.78 is 22.7. The molecule has 0 unspecified atom stereocenters. The van der Waals surface area contributed by atoms with Crippen LogP contribution in [0.5, 0.6) is 0 Å². The molecule has 206 valence electrons. The molecular formula is C29H28ClFN6O3. The van der Waals surface area contributed by atoms with Crippen molar-refractivity contribution in [2.75, 3.05) is 16.3 Å². The van der Waals surface area contributed by atoms with Crippen molar-refractivity contribution in [1.82, 2.24) is 19.7 Å². The monoisotopic (exact) mass is 562 g/mol. The first kappa shape index (κ1) is 27.3. The van der Waals surface area contributed by atoms with Gasteiger partial charge in [-0.05, 0) is 79.8 Å². The van der Waals surface area contributed by atoms with E-state index in [4.69, 9.17) is 16.3 Å². The van der Waals surface area contributed by atoms with Crippen molar-refractivity contribution in [1.29, 1.82) is 0 Å². The van der Waals surface area contributed by atoms with Gasteiger partial charge in [0.25, 0.3) is 0 Å². The summed E-state index contributed by atoms with van der Waals surface area (Å²) in [5.74, 6) is -0.0105. The Hall–Kier alpha value is -4.31. The fraction of sp³-hybridized carbons (Fsp3) is 0.276. The van der Waals surface area contributed by atoms with Crippen LogP contribution in [0.4, 0.5) is 26.5 Å². The van der Waals surface area contributed by atoms with Gasteiger partial charge in [0.2, 0.25) is 5.91 Å². The van der Waals surface area contributed by atoms with Gasteiger partial charge < -0.3 is 9.64 Å². The quantitative estimate of drug-likeness (QED) is 0.282. The molecule has 0 atom stereocenters. The van der Waals surface area contributed by atoms with E-state index in [2.05, 4.69) is 15.1 Å². The number of aromatic nitrogens is 4. The Morgan fingerprint density at radius 3 is 2.58 bits per heavy atom. The number of hydrogen-bond acceptors (Lipinski definition) is 6. The summed E-state index contributed by atoms with van der Waals surface area (Å²) in [5, 5.41) is 4.43. The Balaban J connectivity index is 1.46. The molecule has 0 fully saturated rings. The number of pyridine rings is 2. The SMILES string of the molecule is Cn1nccc1N(C(=O)OC(C)(C)C)c1cc(-c2cc(F)c3c(c2)CCN3C(=O)Cc2cccnc2Cl)ccn1. The van der Waals surface area contributed by atoms with Crippen molar-refractivity contribution in [3.05, 3.63) is 83.2 Å². The lowest BCUT2D eigenvalue weighted by atomic mass is 10.0. The standard InChI is InChI=1S/C29H28ClFN6O3/c1-29(2,3)40-28(39)37(24-8-12-34-35(24)4)23-16-18(7-11-32-23)21-14-19-9-13-36(26(19)22(31)15-21)25(38)17-20-6-5-10-33-27(20)30/h5-8,10-12,14-16H,9,13,17H2,1-4H3. The summed E-state index contributed by atoms with van der Waals surface area (Å²) in [6.45, 7) is 5.70. The van der Waals surface area contributed by atoms with Crippen molar-refractivity contribution in [3.63, 3.8) is 0 Å². The van der Waals surface area contributed by atoms with Crippen molar-refractivity contribution < 1.29 is 18.7 Å². The topological polar surface area (TPSA) is 93.5 Å². The lowest BCUT2D eigenvalue weighted by Crippen LogP contribution is -2.35. The van der Waals surface area contributed by atoms with Crippen LogP contribution in [-0.2, 0) is 29.4 Å². The lowest BCUT2D eigenvalue weighted by Gasteiger charge is -2.26. The minimum Gasteiger partial charge on any atom is -0.443 e. The summed E-state index contributed by atoms with van der Waals surface area (Å²) in [6.07, 6.45) is 4.58. The van der Waals surface area contributed by atoms with Crippen LogP contribution in [0.3, 0.4) is 0 Å². The number of halogens is 2. The van der Waals surface area contributed by atoms with E-state index in [1.54, 1.807) is 76.7 Å². The number of hydrogen-bond donors (Lipinski definition) is 0. The smallest absolute Gasteiger partial charge is 0.421 e. The van der Waals surface area contributed by atoms with E-state index in [9.17, 15) is 9.59 Å². The van der Waals surface area contributed by atoms with Gasteiger partial charge in [0, 0.05) is 32.1 Å². The van der Waals surface area contributed by atoms with Crippen LogP contribution in [0.2, 0.25) is 5.15 Å². The van der Waals surface area contributed by atoms with Gasteiger partial charge in [0.15, 0.2) is 0 Å². The van der Waals surface area contributed by atoms with Gasteiger partial charge in [-0.25, -0.2) is 24.1 Å². The molecule has 0 aliphatic carbocycles. The molecule has 0 saturated heterocycles. The average molecular weight is 563 g/mol. The number of nitrogens with zero attached hydrogens (tertiary/aromatic N) is 6. The molecule has 0 spiro atoms. The van der Waals surface area contributed by atoms with Crippen molar-refractivity contribution in [2.45, 2.75) is 39.2 Å². The number of fused-ring (bicyclic) bond motifs is 1. The third-order valence-electron chi connectivity index (χ3n) is 6.40. The van der Waals surface area contributed by atoms with E-state index < -0.39 is 17.5 Å². The number of ether oxygens (including phenoxy) is 1. The molecule has 9 nitrogen and oxygen atoms in total. The molecule has 0 bridgehead atoms. The van der Waals surface area contributed by atoms with E-state index in [0.29, 0.717) is 41.3 Å². The molecule has 0 N–H and O–H groups in total. The van der Waals surface area contributed by atoms with Crippen LogP contribution < -0.4 is 9.80 Å². The van der Waals surface area contributed by atoms with E-state index in [-0.39, 0.29) is 23.2 Å². The van der Waals surface area contributed by atoms with Crippen molar-refractivity contribution in [3.8, 4) is 11.1 Å². The number of amides is 2. The number of aryl methyl sites for hydroxylation is 1. The molecule has 11 heteroatoms. The zero-order chi connectivity index (χ0) is 28.6. The Labute approximate surface area is 236 Å². The Morgan fingerprint density at radius 2 is 1.88 bits per heavy atom. The second-order valence-electron chi connectivity index (χ2n) is 10.4. The molecule has 5 rings (SSSR count). The van der Waals surface area contributed by atoms with Gasteiger partial charge in [-0.3, -0.25) is 9.48 Å². The Bertz CT molecular complexity index is 1600. The molecule has 3 aromatic heterocycles. The maximum Gasteiger partial charge on any atom is 0.421 e. The molecule has 0 saturated carbocycles. The van der Waals surface area contributed by atoms with Crippen molar-refractivity contribution >= 4 is 40.9 Å². The minimum absolute atomic E-state index is 0.0233. The summed E-state index contributed by atoms with van der Waals surface area (Å²) >= 11 is 6.12. The van der Waals surface area contributed by atoms with E-state index in [0.717, 1.165) is 5.56 Å². The molecular weight excluding hydrogens is 535 g/mol. The molecule has 40 heavy (non-hydrogen) atoms. The molecule has 4 heterocycles. The Kier molecular flexibility index (Phi) is 7.29. The van der Waals surface area contributed by atoms with Crippen LogP contribution in [0.15, 0.2) is 61.1 Å². The summed E-state index contributed by atoms with van der Waals surface area (Å²) in [4.78, 5) is 37.5. The van der Waals surface area contributed by atoms with Gasteiger partial charge in [0.1, 0.15) is 28.2 Å². The van der Waals surface area contributed by atoms with E-state index >= 15 is 4.39 Å². The van der Waals surface area contributed by atoms with Gasteiger partial charge in [-0.1, -0.05) is 17.7 Å². The highest BCUT2D eigenvalue weighted by Gasteiger charge is 2.30. The fourth-order valence-corrected chi connectivity index (χ4v) is 4.82. The van der Waals surface area contributed by atoms with E-state index in [1.807, 2.05) is 6.07 Å². The lowest BCUT2D eigenvalue weighted by molar-refractivity contribution is -0.117. The molecule has 0 radical (unpaired) electrons. The van der Waals surface area contributed by atoms with Crippen LogP contribution in [0.25, 0.3) is 11.1 Å². The molecule has 1 aliphatic rings. The number of carbonyl (C=O) groups is 2. The third-order valence-corrected chi connectivity index (χ3v) is 6.74. The van der Waals surface area contributed by atoms with Crippen LogP contribution in [0, 0.1) is 5.82 Å². The van der Waals surface area contributed by atoms with Gasteiger partial charge in [0.05, 0.1) is 18.3 Å². The maximum absolute atomic E-state index is 15.6. The summed E-state index contributed by atoms with van der Waals surface area (Å²) in [7, 11) is 1.71. The van der Waals surface area contributed by atoms with Crippen LogP contribution in [-0.4, -0.2) is 43.9 Å². The highest BCUT2D eigenvalue weighted by Crippen LogP contribution is 2.37. The molecule has 2 amide bonds. The molecule has 4 aromatic rings. The second kappa shape index (κ2) is 10.7. The van der Waals surface area contributed by atoms with Gasteiger partial charge in [-0.15, -0.1) is 0 Å². The van der Waals surface area contributed by atoms with E-state index in [1.165, 1.54) is 20.5 Å². The van der Waals surface area contributed by atoms with Crippen molar-refractivity contribution in [2.24, 2.45) is 7.05 Å². The number of carbonyl (C=O) groups excluding carboxylic acids is 2. The zero-order valence-electron chi connectivity index (χ0n) is 22.6. The largest absolute Gasteiger partial charge is 0.443 e. The molecule has 1 aliphatic heterocycles. The normalized spacial score (nSPS) is 12.8. The first-order valence-electron chi connectivity index (χ1n) is 12.7. The first-order chi connectivity index (χ1) is 19.0. The third kappa shape index (κ3) is 5.53. The second-order valence-corrected chi connectivity index (χ2v) is 10.8. The average Bonchev–Trinajstić information content (AvgIpc) is 3.51. The fourth-order valence-electron chi connectivity index (χ4n) is 4.64. The predicted octanol–water partition coefficient (Wildman–Crippen LogP) is 5.87. The maximum atomic E-state index is 15.6. The Morgan fingerprint density at radius 1 is 1.07 bits per heavy atom. The van der Waals surface area contributed by atoms with Crippen LogP contribution >= 0.6 is 11.6 Å². The van der Waals surface area contributed by atoms with Gasteiger partial charge in [-0.2, -0.15) is 5.10 Å². The first-order valence-corrected chi connectivity index (χ1v) is 13.1. The summed E-state index contributed by atoms with van der Waals surface area (Å²) in [5.41, 5.74) is 2.09. The number of rotatable bonds is 5. The minimum atomic E-state index is -0.736. The number of anilines is 3. The highest BCUT2D eigenvalue weighted by molar-refractivity contribution is 6.30. The van der Waals surface area contributed by atoms with Crippen LogP contribution in [0.1, 0.15) is 31.9 Å². The van der Waals surface area contributed by atoms with Gasteiger partial charge >= 0.3 is 6.09 Å². The summed E-state index contributed by atoms with van der Waals surface area (Å²) in [6, 6.07) is 11.8.